The van der Waals surface area contributed by atoms with Crippen molar-refractivity contribution >= 4 is 18.0 Å². The van der Waals surface area contributed by atoms with Crippen molar-refractivity contribution in [2.24, 2.45) is 5.41 Å². The van der Waals surface area contributed by atoms with Gasteiger partial charge in [0, 0.05) is 26.7 Å². The molecule has 0 aromatic carbocycles. The number of amides is 2. The Labute approximate surface area is 137 Å². The van der Waals surface area contributed by atoms with Gasteiger partial charge in [0.2, 0.25) is 5.91 Å². The summed E-state index contributed by atoms with van der Waals surface area (Å²) in [6, 6.07) is 0. The Balaban J connectivity index is 2.85. The Kier molecular flexibility index (Phi) is 6.56. The quantitative estimate of drug-likeness (QED) is 0.719. The fraction of sp³-hybridized carbons (Fsp3) is 0.812. The van der Waals surface area contributed by atoms with Crippen molar-refractivity contribution in [2.75, 3.05) is 26.9 Å². The van der Waals surface area contributed by atoms with E-state index in [0.29, 0.717) is 19.4 Å². The smallest absolute Gasteiger partial charge is 0.417 e. The minimum atomic E-state index is -0.929. The molecule has 0 saturated carbocycles. The van der Waals surface area contributed by atoms with Crippen LogP contribution in [0.15, 0.2) is 0 Å². The lowest BCUT2D eigenvalue weighted by Gasteiger charge is -2.38. The predicted molar refractivity (Wildman–Crippen MR) is 82.7 cm³/mol. The van der Waals surface area contributed by atoms with Crippen LogP contribution in [0.3, 0.4) is 0 Å². The molecule has 0 radical (unpaired) electrons. The van der Waals surface area contributed by atoms with Crippen molar-refractivity contribution in [3.63, 3.8) is 0 Å². The molecule has 1 rings (SSSR count). The van der Waals surface area contributed by atoms with Gasteiger partial charge in [-0.3, -0.25) is 9.59 Å². The third-order valence-corrected chi connectivity index (χ3v) is 3.71. The van der Waals surface area contributed by atoms with Gasteiger partial charge in [-0.2, -0.15) is 0 Å². The van der Waals surface area contributed by atoms with Gasteiger partial charge < -0.3 is 14.2 Å². The molecule has 0 aromatic heterocycles. The van der Waals surface area contributed by atoms with E-state index in [-0.39, 0.29) is 19.6 Å². The summed E-state index contributed by atoms with van der Waals surface area (Å²) in [4.78, 5) is 37.8. The van der Waals surface area contributed by atoms with Crippen LogP contribution in [0.5, 0.6) is 0 Å². The molecule has 7 nitrogen and oxygen atoms in total. The summed E-state index contributed by atoms with van der Waals surface area (Å²) in [5.74, 6) is -0.830. The number of imide groups is 1. The summed E-state index contributed by atoms with van der Waals surface area (Å²) in [5, 5.41) is 0. The van der Waals surface area contributed by atoms with Crippen LogP contribution in [0, 0.1) is 5.41 Å². The molecular formula is C16H27NO6. The monoisotopic (exact) mass is 329 g/mol. The average molecular weight is 329 g/mol. The van der Waals surface area contributed by atoms with Crippen LogP contribution in [-0.2, 0) is 23.8 Å². The molecular weight excluding hydrogens is 302 g/mol. The van der Waals surface area contributed by atoms with Gasteiger partial charge >= 0.3 is 12.1 Å². The van der Waals surface area contributed by atoms with Crippen molar-refractivity contribution in [3.05, 3.63) is 0 Å². The van der Waals surface area contributed by atoms with E-state index in [4.69, 9.17) is 14.2 Å². The SMILES string of the molecule is CCOC(=O)C1(CCOC)CCN(C(=O)OC(C)(C)C)C(=O)C1. The fourth-order valence-corrected chi connectivity index (χ4v) is 2.51. The lowest BCUT2D eigenvalue weighted by molar-refractivity contribution is -0.164. The maximum absolute atomic E-state index is 12.4. The third kappa shape index (κ3) is 5.20. The summed E-state index contributed by atoms with van der Waals surface area (Å²) in [5.41, 5.74) is -1.61. The summed E-state index contributed by atoms with van der Waals surface area (Å²) in [7, 11) is 1.54. The van der Waals surface area contributed by atoms with Crippen molar-refractivity contribution in [1.82, 2.24) is 4.90 Å². The molecule has 1 aliphatic rings. The van der Waals surface area contributed by atoms with Gasteiger partial charge in [-0.25, -0.2) is 9.69 Å². The molecule has 0 aliphatic carbocycles. The Hall–Kier alpha value is -1.63. The first-order valence-corrected chi connectivity index (χ1v) is 7.85. The number of hydrogen-bond donors (Lipinski definition) is 0. The van der Waals surface area contributed by atoms with Crippen molar-refractivity contribution in [2.45, 2.75) is 52.6 Å². The number of rotatable bonds is 5. The van der Waals surface area contributed by atoms with Gasteiger partial charge in [-0.05, 0) is 40.5 Å². The lowest BCUT2D eigenvalue weighted by atomic mass is 9.75. The molecule has 23 heavy (non-hydrogen) atoms. The van der Waals surface area contributed by atoms with Crippen molar-refractivity contribution < 1.29 is 28.6 Å². The number of carbonyl (C=O) groups excluding carboxylic acids is 3. The molecule has 0 spiro atoms. The van der Waals surface area contributed by atoms with E-state index in [1.807, 2.05) is 0 Å². The maximum atomic E-state index is 12.4. The second-order valence-electron chi connectivity index (χ2n) is 6.70. The molecule has 7 heteroatoms. The van der Waals surface area contributed by atoms with Crippen LogP contribution in [-0.4, -0.2) is 55.3 Å². The number of methoxy groups -OCH3 is 1. The zero-order valence-electron chi connectivity index (χ0n) is 14.6. The number of carbonyl (C=O) groups is 3. The van der Waals surface area contributed by atoms with E-state index >= 15 is 0 Å². The van der Waals surface area contributed by atoms with Crippen molar-refractivity contribution in [3.8, 4) is 0 Å². The molecule has 0 aromatic rings. The number of ether oxygens (including phenoxy) is 3. The predicted octanol–water partition coefficient (Wildman–Crippen LogP) is 2.13. The van der Waals surface area contributed by atoms with Gasteiger partial charge in [0.05, 0.1) is 12.0 Å². The Morgan fingerprint density at radius 3 is 2.43 bits per heavy atom. The minimum Gasteiger partial charge on any atom is -0.466 e. The molecule has 0 bridgehead atoms. The molecule has 1 saturated heterocycles. The molecule has 0 N–H and O–H groups in total. The summed E-state index contributed by atoms with van der Waals surface area (Å²) in [6.07, 6.45) is -0.0168. The first kappa shape index (κ1) is 19.4. The van der Waals surface area contributed by atoms with Crippen LogP contribution >= 0.6 is 0 Å². The standard InChI is InChI=1S/C16H27NO6/c1-6-22-13(19)16(8-10-21-5)7-9-17(12(18)11-16)14(20)23-15(2,3)4/h6-11H2,1-5H3. The van der Waals surface area contributed by atoms with E-state index in [9.17, 15) is 14.4 Å². The number of piperidine rings is 1. The maximum Gasteiger partial charge on any atom is 0.417 e. The van der Waals surface area contributed by atoms with Gasteiger partial charge in [-0.1, -0.05) is 0 Å². The lowest BCUT2D eigenvalue weighted by Crippen LogP contribution is -2.51. The fourth-order valence-electron chi connectivity index (χ4n) is 2.51. The highest BCUT2D eigenvalue weighted by Crippen LogP contribution is 2.37. The summed E-state index contributed by atoms with van der Waals surface area (Å²) < 4.78 is 15.4. The van der Waals surface area contributed by atoms with Crippen LogP contribution in [0.2, 0.25) is 0 Å². The number of esters is 1. The normalized spacial score (nSPS) is 22.0. The van der Waals surface area contributed by atoms with E-state index in [1.54, 1.807) is 27.7 Å². The van der Waals surface area contributed by atoms with Crippen LogP contribution in [0.4, 0.5) is 4.79 Å². The topological polar surface area (TPSA) is 82.1 Å². The zero-order valence-corrected chi connectivity index (χ0v) is 14.6. The molecule has 132 valence electrons. The van der Waals surface area contributed by atoms with E-state index in [0.717, 1.165) is 4.90 Å². The van der Waals surface area contributed by atoms with E-state index in [1.165, 1.54) is 7.11 Å². The van der Waals surface area contributed by atoms with Crippen LogP contribution < -0.4 is 0 Å². The number of nitrogens with zero attached hydrogens (tertiary/aromatic N) is 1. The molecule has 1 unspecified atom stereocenters. The van der Waals surface area contributed by atoms with Gasteiger partial charge in [0.15, 0.2) is 0 Å². The average Bonchev–Trinajstić information content (AvgIpc) is 2.43. The van der Waals surface area contributed by atoms with Crippen molar-refractivity contribution in [1.29, 1.82) is 0 Å². The molecule has 2 amide bonds. The zero-order chi connectivity index (χ0) is 17.7. The minimum absolute atomic E-state index is 0.0750. The van der Waals surface area contributed by atoms with Crippen LogP contribution in [0.1, 0.15) is 47.0 Å². The third-order valence-electron chi connectivity index (χ3n) is 3.71. The van der Waals surface area contributed by atoms with Gasteiger partial charge in [-0.15, -0.1) is 0 Å². The number of hydrogen-bond acceptors (Lipinski definition) is 6. The van der Waals surface area contributed by atoms with Crippen LogP contribution in [0.25, 0.3) is 0 Å². The summed E-state index contributed by atoms with van der Waals surface area (Å²) in [6.45, 7) is 7.66. The van der Waals surface area contributed by atoms with E-state index in [2.05, 4.69) is 0 Å². The second kappa shape index (κ2) is 7.77. The van der Waals surface area contributed by atoms with Gasteiger partial charge in [0.1, 0.15) is 5.60 Å². The Morgan fingerprint density at radius 1 is 1.30 bits per heavy atom. The largest absolute Gasteiger partial charge is 0.466 e. The first-order valence-electron chi connectivity index (χ1n) is 7.85. The molecule has 1 atom stereocenters. The second-order valence-corrected chi connectivity index (χ2v) is 6.70. The van der Waals surface area contributed by atoms with E-state index < -0.39 is 29.0 Å². The first-order chi connectivity index (χ1) is 10.6. The highest BCUT2D eigenvalue weighted by atomic mass is 16.6. The Morgan fingerprint density at radius 2 is 1.96 bits per heavy atom. The number of likely N-dealkylation sites (tertiary alicyclic amines) is 1. The Bertz CT molecular complexity index is 456. The molecule has 1 fully saturated rings. The van der Waals surface area contributed by atoms with Gasteiger partial charge in [0.25, 0.3) is 0 Å². The molecule has 1 heterocycles. The molecule has 1 aliphatic heterocycles. The summed E-state index contributed by atoms with van der Waals surface area (Å²) >= 11 is 0. The highest BCUT2D eigenvalue weighted by Gasteiger charge is 2.47. The highest BCUT2D eigenvalue weighted by molar-refractivity contribution is 5.96.